The molecule has 0 amide bonds. The first-order valence-corrected chi connectivity index (χ1v) is 8.33. The molecule has 1 aromatic carbocycles. The normalized spacial score (nSPS) is 29.6. The Morgan fingerprint density at radius 3 is 2.67 bits per heavy atom. The number of nitrogens with zero attached hydrogens (tertiary/aromatic N) is 1. The lowest BCUT2D eigenvalue weighted by Gasteiger charge is -2.40. The summed E-state index contributed by atoms with van der Waals surface area (Å²) in [4.78, 5) is 26.6. The SMILES string of the molecule is COC(=O)[C@@H]1C2CCC(C[C@@H]1OC(=O)C=Cc1ccccc1)N2C. The van der Waals surface area contributed by atoms with Crippen molar-refractivity contribution in [2.75, 3.05) is 14.2 Å². The Balaban J connectivity index is 1.69. The zero-order valence-corrected chi connectivity index (χ0v) is 14.1. The molecule has 128 valence electrons. The van der Waals surface area contributed by atoms with Gasteiger partial charge < -0.3 is 9.47 Å². The molecule has 5 nitrogen and oxygen atoms in total. The topological polar surface area (TPSA) is 55.8 Å². The number of carbonyl (C=O) groups is 2. The molecule has 2 aliphatic heterocycles. The first-order chi connectivity index (χ1) is 11.6. The van der Waals surface area contributed by atoms with E-state index in [0.717, 1.165) is 18.4 Å². The average molecular weight is 329 g/mol. The minimum atomic E-state index is -0.418. The second-order valence-electron chi connectivity index (χ2n) is 6.47. The largest absolute Gasteiger partial charge is 0.469 e. The Kier molecular flexibility index (Phi) is 5.00. The number of rotatable bonds is 4. The lowest BCUT2D eigenvalue weighted by molar-refractivity contribution is -0.165. The summed E-state index contributed by atoms with van der Waals surface area (Å²) in [5.41, 5.74) is 0.933. The van der Waals surface area contributed by atoms with Gasteiger partial charge in [-0.2, -0.15) is 0 Å². The summed E-state index contributed by atoms with van der Waals surface area (Å²) in [6.07, 6.45) is 5.37. The lowest BCUT2D eigenvalue weighted by atomic mass is 9.87. The van der Waals surface area contributed by atoms with E-state index in [2.05, 4.69) is 4.90 Å². The second kappa shape index (κ2) is 7.18. The number of piperidine rings is 1. The van der Waals surface area contributed by atoms with Crippen LogP contribution in [-0.4, -0.2) is 49.2 Å². The molecular formula is C19H23NO4. The number of benzene rings is 1. The van der Waals surface area contributed by atoms with Crippen molar-refractivity contribution in [3.05, 3.63) is 42.0 Å². The van der Waals surface area contributed by atoms with E-state index < -0.39 is 18.0 Å². The first kappa shape index (κ1) is 16.7. The Morgan fingerprint density at radius 2 is 1.96 bits per heavy atom. The Labute approximate surface area is 142 Å². The zero-order valence-electron chi connectivity index (χ0n) is 14.1. The van der Waals surface area contributed by atoms with Crippen LogP contribution < -0.4 is 0 Å². The predicted octanol–water partition coefficient (Wildman–Crippen LogP) is 2.27. The highest BCUT2D eigenvalue weighted by molar-refractivity contribution is 5.87. The van der Waals surface area contributed by atoms with Gasteiger partial charge in [0.1, 0.15) is 12.0 Å². The average Bonchev–Trinajstić information content (AvgIpc) is 2.83. The van der Waals surface area contributed by atoms with Crippen LogP contribution >= 0.6 is 0 Å². The maximum atomic E-state index is 12.2. The highest BCUT2D eigenvalue weighted by Crippen LogP contribution is 2.40. The molecule has 0 radical (unpaired) electrons. The Bertz CT molecular complexity index is 628. The number of esters is 2. The molecular weight excluding hydrogens is 306 g/mol. The molecule has 2 bridgehead atoms. The number of methoxy groups -OCH3 is 1. The number of ether oxygens (including phenoxy) is 2. The van der Waals surface area contributed by atoms with Crippen LogP contribution in [0, 0.1) is 5.92 Å². The van der Waals surface area contributed by atoms with Gasteiger partial charge in [-0.05, 0) is 31.5 Å². The van der Waals surface area contributed by atoms with E-state index in [9.17, 15) is 9.59 Å². The van der Waals surface area contributed by atoms with E-state index in [0.29, 0.717) is 12.5 Å². The number of hydrogen-bond donors (Lipinski definition) is 0. The molecule has 0 N–H and O–H groups in total. The standard InChI is InChI=1S/C19H23NO4/c1-20-14-9-10-15(20)18(19(22)23-2)16(12-14)24-17(21)11-8-13-6-4-3-5-7-13/h3-8,11,14-16,18H,9-10,12H2,1-2H3/t14?,15?,16-,18+/m0/s1. The molecule has 24 heavy (non-hydrogen) atoms. The first-order valence-electron chi connectivity index (χ1n) is 8.33. The highest BCUT2D eigenvalue weighted by Gasteiger charge is 2.50. The summed E-state index contributed by atoms with van der Waals surface area (Å²) in [6.45, 7) is 0. The summed E-state index contributed by atoms with van der Waals surface area (Å²) >= 11 is 0. The van der Waals surface area contributed by atoms with Crippen molar-refractivity contribution in [2.45, 2.75) is 37.5 Å². The van der Waals surface area contributed by atoms with E-state index >= 15 is 0 Å². The van der Waals surface area contributed by atoms with E-state index in [1.54, 1.807) is 6.08 Å². The molecule has 0 aromatic heterocycles. The molecule has 2 saturated heterocycles. The van der Waals surface area contributed by atoms with Gasteiger partial charge in [0.15, 0.2) is 0 Å². The zero-order chi connectivity index (χ0) is 17.1. The fourth-order valence-corrected chi connectivity index (χ4v) is 3.90. The van der Waals surface area contributed by atoms with Gasteiger partial charge in [-0.3, -0.25) is 9.69 Å². The molecule has 2 unspecified atom stereocenters. The molecule has 1 aromatic rings. The third kappa shape index (κ3) is 3.36. The van der Waals surface area contributed by atoms with Crippen LogP contribution in [0.2, 0.25) is 0 Å². The van der Waals surface area contributed by atoms with Crippen molar-refractivity contribution in [3.63, 3.8) is 0 Å². The minimum Gasteiger partial charge on any atom is -0.469 e. The summed E-state index contributed by atoms with van der Waals surface area (Å²) in [7, 11) is 3.42. The van der Waals surface area contributed by atoms with Crippen molar-refractivity contribution >= 4 is 18.0 Å². The van der Waals surface area contributed by atoms with Crippen LogP contribution in [-0.2, 0) is 19.1 Å². The predicted molar refractivity (Wildman–Crippen MR) is 90.1 cm³/mol. The van der Waals surface area contributed by atoms with Gasteiger partial charge in [0.2, 0.25) is 0 Å². The summed E-state index contributed by atoms with van der Waals surface area (Å²) < 4.78 is 10.6. The van der Waals surface area contributed by atoms with Crippen molar-refractivity contribution < 1.29 is 19.1 Å². The molecule has 0 aliphatic carbocycles. The Hall–Kier alpha value is -2.14. The molecule has 5 heteroatoms. The van der Waals surface area contributed by atoms with Crippen molar-refractivity contribution in [2.24, 2.45) is 5.92 Å². The molecule has 2 fully saturated rings. The van der Waals surface area contributed by atoms with Crippen molar-refractivity contribution in [1.29, 1.82) is 0 Å². The van der Waals surface area contributed by atoms with Gasteiger partial charge in [0.05, 0.1) is 7.11 Å². The van der Waals surface area contributed by atoms with Gasteiger partial charge in [-0.25, -0.2) is 4.79 Å². The third-order valence-electron chi connectivity index (χ3n) is 5.17. The van der Waals surface area contributed by atoms with Crippen LogP contribution in [0.5, 0.6) is 0 Å². The van der Waals surface area contributed by atoms with Gasteiger partial charge in [-0.15, -0.1) is 0 Å². The van der Waals surface area contributed by atoms with Crippen LogP contribution in [0.1, 0.15) is 24.8 Å². The fraction of sp³-hybridized carbons (Fsp3) is 0.474. The summed E-state index contributed by atoms with van der Waals surface area (Å²) in [5, 5.41) is 0. The van der Waals surface area contributed by atoms with Crippen LogP contribution in [0.4, 0.5) is 0 Å². The minimum absolute atomic E-state index is 0.0899. The van der Waals surface area contributed by atoms with E-state index in [1.807, 2.05) is 37.4 Å². The molecule has 4 atom stereocenters. The van der Waals surface area contributed by atoms with Gasteiger partial charge in [0.25, 0.3) is 0 Å². The van der Waals surface area contributed by atoms with Crippen molar-refractivity contribution in [3.8, 4) is 0 Å². The summed E-state index contributed by atoms with van der Waals surface area (Å²) in [5.74, 6) is -1.12. The number of hydrogen-bond acceptors (Lipinski definition) is 5. The van der Waals surface area contributed by atoms with Crippen LogP contribution in [0.3, 0.4) is 0 Å². The number of fused-ring (bicyclic) bond motifs is 2. The van der Waals surface area contributed by atoms with Gasteiger partial charge in [0, 0.05) is 24.6 Å². The maximum absolute atomic E-state index is 12.2. The maximum Gasteiger partial charge on any atom is 0.331 e. The van der Waals surface area contributed by atoms with Crippen LogP contribution in [0.25, 0.3) is 6.08 Å². The number of carbonyl (C=O) groups excluding carboxylic acids is 2. The molecule has 3 rings (SSSR count). The highest BCUT2D eigenvalue weighted by atomic mass is 16.6. The van der Waals surface area contributed by atoms with E-state index in [1.165, 1.54) is 13.2 Å². The Morgan fingerprint density at radius 1 is 1.21 bits per heavy atom. The summed E-state index contributed by atoms with van der Waals surface area (Å²) in [6, 6.07) is 10.0. The lowest BCUT2D eigenvalue weighted by Crippen LogP contribution is -2.53. The molecule has 2 heterocycles. The van der Waals surface area contributed by atoms with Crippen molar-refractivity contribution in [1.82, 2.24) is 4.90 Å². The monoisotopic (exact) mass is 329 g/mol. The van der Waals surface area contributed by atoms with E-state index in [-0.39, 0.29) is 12.0 Å². The smallest absolute Gasteiger partial charge is 0.331 e. The molecule has 0 spiro atoms. The molecule has 2 aliphatic rings. The van der Waals surface area contributed by atoms with Gasteiger partial charge >= 0.3 is 11.9 Å². The van der Waals surface area contributed by atoms with E-state index in [4.69, 9.17) is 9.47 Å². The third-order valence-corrected chi connectivity index (χ3v) is 5.17. The van der Waals surface area contributed by atoms with Gasteiger partial charge in [-0.1, -0.05) is 30.3 Å². The second-order valence-corrected chi connectivity index (χ2v) is 6.47. The molecule has 0 saturated carbocycles. The fourth-order valence-electron chi connectivity index (χ4n) is 3.90. The quantitative estimate of drug-likeness (QED) is 0.626. The van der Waals surface area contributed by atoms with Crippen LogP contribution in [0.15, 0.2) is 36.4 Å².